The van der Waals surface area contributed by atoms with Crippen LogP contribution in [0.5, 0.6) is 0 Å². The lowest BCUT2D eigenvalue weighted by Gasteiger charge is -2.41. The molecular formula is C16H21NO2. The van der Waals surface area contributed by atoms with Crippen molar-refractivity contribution in [2.45, 2.75) is 45.6 Å². The maximum atomic E-state index is 12.4. The second kappa shape index (κ2) is 5.16. The highest BCUT2D eigenvalue weighted by Crippen LogP contribution is 2.25. The summed E-state index contributed by atoms with van der Waals surface area (Å²) in [5, 5.41) is 0. The first kappa shape index (κ1) is 13.8. The summed E-state index contributed by atoms with van der Waals surface area (Å²) in [6, 6.07) is 7.97. The van der Waals surface area contributed by atoms with Gasteiger partial charge < -0.3 is 4.90 Å². The Morgan fingerprint density at radius 3 is 2.79 bits per heavy atom. The van der Waals surface area contributed by atoms with Crippen molar-refractivity contribution >= 4 is 11.7 Å². The van der Waals surface area contributed by atoms with Crippen molar-refractivity contribution < 1.29 is 9.59 Å². The minimum absolute atomic E-state index is 0.0450. The van der Waals surface area contributed by atoms with Gasteiger partial charge in [-0.05, 0) is 32.8 Å². The number of likely N-dealkylation sites (tertiary alicyclic amines) is 1. The number of Topliss-reactive ketones (excluding diaryl/α,β-unsaturated/α-hetero) is 1. The zero-order valence-electron chi connectivity index (χ0n) is 11.9. The molecular weight excluding hydrogens is 238 g/mol. The molecule has 0 unspecified atom stereocenters. The van der Waals surface area contributed by atoms with E-state index in [1.807, 2.05) is 45.0 Å². The van der Waals surface area contributed by atoms with Gasteiger partial charge in [-0.25, -0.2) is 0 Å². The fraction of sp³-hybridized carbons (Fsp3) is 0.500. The molecule has 3 nitrogen and oxygen atoms in total. The lowest BCUT2D eigenvalue weighted by atomic mass is 9.88. The third-order valence-corrected chi connectivity index (χ3v) is 3.88. The molecule has 0 atom stereocenters. The summed E-state index contributed by atoms with van der Waals surface area (Å²) < 4.78 is 0. The summed E-state index contributed by atoms with van der Waals surface area (Å²) in [6.07, 6.45) is 1.74. The maximum Gasteiger partial charge on any atom is 0.227 e. The van der Waals surface area contributed by atoms with E-state index in [4.69, 9.17) is 0 Å². The highest BCUT2D eigenvalue weighted by molar-refractivity contribution is 5.93. The Kier molecular flexibility index (Phi) is 3.74. The Hall–Kier alpha value is -1.64. The zero-order valence-corrected chi connectivity index (χ0v) is 11.9. The van der Waals surface area contributed by atoms with Crippen LogP contribution in [0.1, 0.15) is 37.8 Å². The lowest BCUT2D eigenvalue weighted by Crippen LogP contribution is -2.56. The molecule has 1 aliphatic heterocycles. The molecule has 0 bridgehead atoms. The number of rotatable bonds is 2. The number of hydrogen-bond donors (Lipinski definition) is 0. The molecule has 1 aliphatic rings. The van der Waals surface area contributed by atoms with Gasteiger partial charge in [-0.3, -0.25) is 9.59 Å². The molecule has 0 aliphatic carbocycles. The van der Waals surface area contributed by atoms with Gasteiger partial charge in [0.15, 0.2) is 5.78 Å². The van der Waals surface area contributed by atoms with Crippen LogP contribution in [0.25, 0.3) is 0 Å². The number of carbonyl (C=O) groups excluding carboxylic acids is 2. The molecule has 0 radical (unpaired) electrons. The summed E-state index contributed by atoms with van der Waals surface area (Å²) in [4.78, 5) is 26.1. The van der Waals surface area contributed by atoms with Crippen molar-refractivity contribution in [1.29, 1.82) is 0 Å². The summed E-state index contributed by atoms with van der Waals surface area (Å²) in [6.45, 7) is 6.40. The number of piperidine rings is 1. The van der Waals surface area contributed by atoms with Gasteiger partial charge >= 0.3 is 0 Å². The summed E-state index contributed by atoms with van der Waals surface area (Å²) in [5.74, 6) is 0.208. The maximum absolute atomic E-state index is 12.4. The van der Waals surface area contributed by atoms with Gasteiger partial charge in [0.1, 0.15) is 0 Å². The number of carbonyl (C=O) groups is 2. The van der Waals surface area contributed by atoms with E-state index in [0.29, 0.717) is 19.4 Å². The number of aryl methyl sites for hydroxylation is 1. The molecule has 0 saturated carbocycles. The number of benzene rings is 1. The van der Waals surface area contributed by atoms with Crippen LogP contribution in [0.4, 0.5) is 0 Å². The van der Waals surface area contributed by atoms with E-state index in [1.165, 1.54) is 0 Å². The summed E-state index contributed by atoms with van der Waals surface area (Å²) in [7, 11) is 0. The first-order valence-corrected chi connectivity index (χ1v) is 6.80. The van der Waals surface area contributed by atoms with Gasteiger partial charge in [0.2, 0.25) is 5.91 Å². The number of amides is 1. The Morgan fingerprint density at radius 2 is 2.11 bits per heavy atom. The second-order valence-corrected chi connectivity index (χ2v) is 5.80. The highest BCUT2D eigenvalue weighted by Gasteiger charge is 2.39. The fourth-order valence-corrected chi connectivity index (χ4v) is 2.66. The van der Waals surface area contributed by atoms with Crippen molar-refractivity contribution in [2.75, 3.05) is 6.54 Å². The minimum atomic E-state index is -0.654. The first-order valence-electron chi connectivity index (χ1n) is 6.80. The average molecular weight is 259 g/mol. The first-order chi connectivity index (χ1) is 8.91. The topological polar surface area (TPSA) is 37.4 Å². The van der Waals surface area contributed by atoms with Crippen LogP contribution in [-0.4, -0.2) is 28.7 Å². The van der Waals surface area contributed by atoms with Gasteiger partial charge in [-0.2, -0.15) is 0 Å². The third-order valence-electron chi connectivity index (χ3n) is 3.88. The van der Waals surface area contributed by atoms with Gasteiger partial charge in [0.05, 0.1) is 12.0 Å². The second-order valence-electron chi connectivity index (χ2n) is 5.80. The average Bonchev–Trinajstić information content (AvgIpc) is 2.32. The van der Waals surface area contributed by atoms with Crippen LogP contribution in [0.15, 0.2) is 24.3 Å². The predicted molar refractivity (Wildman–Crippen MR) is 74.9 cm³/mol. The Bertz CT molecular complexity index is 505. The number of nitrogens with zero attached hydrogens (tertiary/aromatic N) is 1. The van der Waals surface area contributed by atoms with Gasteiger partial charge in [-0.1, -0.05) is 29.8 Å². The lowest BCUT2D eigenvalue weighted by molar-refractivity contribution is -0.147. The fourth-order valence-electron chi connectivity index (χ4n) is 2.66. The van der Waals surface area contributed by atoms with Crippen molar-refractivity contribution in [1.82, 2.24) is 4.90 Å². The molecule has 0 aromatic heterocycles. The smallest absolute Gasteiger partial charge is 0.227 e. The highest BCUT2D eigenvalue weighted by atomic mass is 16.2. The van der Waals surface area contributed by atoms with E-state index in [-0.39, 0.29) is 11.7 Å². The number of ketones is 1. The molecule has 3 heteroatoms. The monoisotopic (exact) mass is 259 g/mol. The van der Waals surface area contributed by atoms with Crippen molar-refractivity contribution in [3.05, 3.63) is 35.4 Å². The third kappa shape index (κ3) is 2.86. The van der Waals surface area contributed by atoms with Crippen molar-refractivity contribution in [3.63, 3.8) is 0 Å². The van der Waals surface area contributed by atoms with Crippen LogP contribution in [0, 0.1) is 6.92 Å². The van der Waals surface area contributed by atoms with Gasteiger partial charge in [0.25, 0.3) is 0 Å². The summed E-state index contributed by atoms with van der Waals surface area (Å²) >= 11 is 0. The van der Waals surface area contributed by atoms with Crippen molar-refractivity contribution in [3.8, 4) is 0 Å². The van der Waals surface area contributed by atoms with Crippen LogP contribution in [-0.2, 0) is 16.0 Å². The number of hydrogen-bond acceptors (Lipinski definition) is 2. The normalized spacial score (nSPS) is 18.5. The van der Waals surface area contributed by atoms with Gasteiger partial charge in [0, 0.05) is 13.0 Å². The predicted octanol–water partition coefficient (Wildman–Crippen LogP) is 2.51. The molecule has 19 heavy (non-hydrogen) atoms. The van der Waals surface area contributed by atoms with E-state index in [1.54, 1.807) is 4.90 Å². The van der Waals surface area contributed by atoms with Crippen LogP contribution < -0.4 is 0 Å². The van der Waals surface area contributed by atoms with Gasteiger partial charge in [-0.15, -0.1) is 0 Å². The molecule has 1 saturated heterocycles. The summed E-state index contributed by atoms with van der Waals surface area (Å²) in [5.41, 5.74) is 1.51. The Labute approximate surface area is 114 Å². The molecule has 1 aromatic carbocycles. The van der Waals surface area contributed by atoms with E-state index in [2.05, 4.69) is 0 Å². The molecule has 1 aromatic rings. The Morgan fingerprint density at radius 1 is 1.37 bits per heavy atom. The molecule has 1 amide bonds. The quantitative estimate of drug-likeness (QED) is 0.818. The van der Waals surface area contributed by atoms with E-state index in [0.717, 1.165) is 17.5 Å². The standard InChI is InChI=1S/C16H21NO2/c1-12-6-4-7-13(10-12)11-15(19)17-9-5-8-14(18)16(17,2)3/h4,6-7,10H,5,8-9,11H2,1-3H3. The van der Waals surface area contributed by atoms with Crippen LogP contribution in [0.2, 0.25) is 0 Å². The van der Waals surface area contributed by atoms with E-state index in [9.17, 15) is 9.59 Å². The molecule has 2 rings (SSSR count). The SMILES string of the molecule is Cc1cccc(CC(=O)N2CCCC(=O)C2(C)C)c1. The van der Waals surface area contributed by atoms with E-state index >= 15 is 0 Å². The van der Waals surface area contributed by atoms with Crippen LogP contribution >= 0.6 is 0 Å². The largest absolute Gasteiger partial charge is 0.330 e. The van der Waals surface area contributed by atoms with Crippen LogP contribution in [0.3, 0.4) is 0 Å². The molecule has 0 spiro atoms. The van der Waals surface area contributed by atoms with E-state index < -0.39 is 5.54 Å². The minimum Gasteiger partial charge on any atom is -0.330 e. The zero-order chi connectivity index (χ0) is 14.0. The molecule has 1 heterocycles. The molecule has 0 N–H and O–H groups in total. The van der Waals surface area contributed by atoms with Crippen molar-refractivity contribution in [2.24, 2.45) is 0 Å². The Balaban J connectivity index is 2.13. The molecule has 1 fully saturated rings. The molecule has 102 valence electrons.